The van der Waals surface area contributed by atoms with E-state index in [-0.39, 0.29) is 0 Å². The minimum atomic E-state index is 0.709. The fourth-order valence-corrected chi connectivity index (χ4v) is 4.06. The molecular formula is C17H20N4S. The van der Waals surface area contributed by atoms with Crippen molar-refractivity contribution < 1.29 is 0 Å². The second-order valence-corrected chi connectivity index (χ2v) is 7.28. The summed E-state index contributed by atoms with van der Waals surface area (Å²) in [4.78, 5) is 12.0. The molecule has 4 rings (SSSR count). The number of hydrogen-bond donors (Lipinski definition) is 1. The van der Waals surface area contributed by atoms with Crippen LogP contribution in [0.15, 0.2) is 30.5 Å². The van der Waals surface area contributed by atoms with E-state index in [1.165, 1.54) is 22.6 Å². The van der Waals surface area contributed by atoms with Crippen LogP contribution < -0.4 is 5.32 Å². The first kappa shape index (κ1) is 13.9. The van der Waals surface area contributed by atoms with Crippen molar-refractivity contribution in [2.24, 2.45) is 5.92 Å². The second-order valence-electron chi connectivity index (χ2n) is 6.00. The summed E-state index contributed by atoms with van der Waals surface area (Å²) in [6.07, 6.45) is 4.33. The summed E-state index contributed by atoms with van der Waals surface area (Å²) in [5.41, 5.74) is 2.01. The summed E-state index contributed by atoms with van der Waals surface area (Å²) in [6, 6.07) is 8.38. The molecule has 4 nitrogen and oxygen atoms in total. The number of pyridine rings is 1. The average Bonchev–Trinajstić information content (AvgIpc) is 3.13. The second kappa shape index (κ2) is 5.82. The van der Waals surface area contributed by atoms with Crippen LogP contribution in [0.2, 0.25) is 0 Å². The highest BCUT2D eigenvalue weighted by Crippen LogP contribution is 2.31. The largest absolute Gasteiger partial charge is 0.317 e. The van der Waals surface area contributed by atoms with Gasteiger partial charge in [-0.1, -0.05) is 0 Å². The van der Waals surface area contributed by atoms with Gasteiger partial charge in [-0.25, -0.2) is 9.97 Å². The SMILES string of the molecule is Cc1ccc(-c2nc3cccnc3n2CC2CCNCC2)s1. The van der Waals surface area contributed by atoms with Crippen LogP contribution in [0, 0.1) is 12.8 Å². The standard InChI is InChI=1S/C17H20N4S/c1-12-4-5-15(22-12)17-20-14-3-2-8-19-16(14)21(17)11-13-6-9-18-10-7-13/h2-5,8,13,18H,6-7,9-11H2,1H3. The first-order chi connectivity index (χ1) is 10.8. The lowest BCUT2D eigenvalue weighted by Crippen LogP contribution is -2.30. The Kier molecular flexibility index (Phi) is 3.68. The lowest BCUT2D eigenvalue weighted by atomic mass is 9.98. The van der Waals surface area contributed by atoms with Gasteiger partial charge in [-0.15, -0.1) is 11.3 Å². The van der Waals surface area contributed by atoms with Crippen molar-refractivity contribution in [3.8, 4) is 10.7 Å². The smallest absolute Gasteiger partial charge is 0.160 e. The maximum atomic E-state index is 4.86. The Balaban J connectivity index is 1.79. The number of imidazole rings is 1. The lowest BCUT2D eigenvalue weighted by Gasteiger charge is -2.23. The van der Waals surface area contributed by atoms with Crippen LogP contribution >= 0.6 is 11.3 Å². The Labute approximate surface area is 134 Å². The molecule has 0 radical (unpaired) electrons. The van der Waals surface area contributed by atoms with Crippen LogP contribution in [0.25, 0.3) is 21.9 Å². The molecule has 114 valence electrons. The van der Waals surface area contributed by atoms with Gasteiger partial charge in [0.1, 0.15) is 5.52 Å². The predicted octanol–water partition coefficient (Wildman–Crippen LogP) is 3.47. The molecule has 1 aliphatic rings. The van der Waals surface area contributed by atoms with Gasteiger partial charge < -0.3 is 9.88 Å². The van der Waals surface area contributed by atoms with Crippen LogP contribution in [-0.4, -0.2) is 27.6 Å². The third-order valence-electron chi connectivity index (χ3n) is 4.36. The summed E-state index contributed by atoms with van der Waals surface area (Å²) in [5.74, 6) is 1.78. The summed E-state index contributed by atoms with van der Waals surface area (Å²) < 4.78 is 2.33. The Morgan fingerprint density at radius 3 is 2.91 bits per heavy atom. The highest BCUT2D eigenvalue weighted by atomic mass is 32.1. The molecular weight excluding hydrogens is 292 g/mol. The molecule has 0 unspecified atom stereocenters. The molecule has 1 aliphatic heterocycles. The maximum Gasteiger partial charge on any atom is 0.160 e. The Bertz CT molecular complexity index is 783. The fraction of sp³-hybridized carbons (Fsp3) is 0.412. The van der Waals surface area contributed by atoms with Crippen molar-refractivity contribution in [2.75, 3.05) is 13.1 Å². The Hall–Kier alpha value is -1.72. The van der Waals surface area contributed by atoms with Crippen LogP contribution in [-0.2, 0) is 6.54 Å². The minimum absolute atomic E-state index is 0.709. The van der Waals surface area contributed by atoms with Gasteiger partial charge in [-0.2, -0.15) is 0 Å². The van der Waals surface area contributed by atoms with E-state index in [2.05, 4.69) is 40.0 Å². The van der Waals surface area contributed by atoms with Gasteiger partial charge in [0.2, 0.25) is 0 Å². The maximum absolute atomic E-state index is 4.86. The van der Waals surface area contributed by atoms with E-state index in [1.807, 2.05) is 23.6 Å². The van der Waals surface area contributed by atoms with E-state index in [4.69, 9.17) is 4.98 Å². The number of aromatic nitrogens is 3. The molecule has 1 saturated heterocycles. The van der Waals surface area contributed by atoms with Crippen molar-refractivity contribution in [1.82, 2.24) is 19.9 Å². The zero-order chi connectivity index (χ0) is 14.9. The highest BCUT2D eigenvalue weighted by Gasteiger charge is 2.20. The third-order valence-corrected chi connectivity index (χ3v) is 5.36. The number of thiophene rings is 1. The van der Waals surface area contributed by atoms with Gasteiger partial charge in [-0.3, -0.25) is 0 Å². The van der Waals surface area contributed by atoms with E-state index < -0.39 is 0 Å². The van der Waals surface area contributed by atoms with Crippen LogP contribution in [0.1, 0.15) is 17.7 Å². The van der Waals surface area contributed by atoms with Crippen molar-refractivity contribution in [3.63, 3.8) is 0 Å². The van der Waals surface area contributed by atoms with Gasteiger partial charge in [0.05, 0.1) is 4.88 Å². The number of fused-ring (bicyclic) bond motifs is 1. The molecule has 5 heteroatoms. The molecule has 0 spiro atoms. The summed E-state index contributed by atoms with van der Waals surface area (Å²) in [6.45, 7) is 5.41. The third kappa shape index (κ3) is 2.55. The summed E-state index contributed by atoms with van der Waals surface area (Å²) >= 11 is 1.81. The fourth-order valence-electron chi connectivity index (χ4n) is 3.20. The minimum Gasteiger partial charge on any atom is -0.317 e. The first-order valence-corrected chi connectivity index (χ1v) is 8.72. The molecule has 4 heterocycles. The number of rotatable bonds is 3. The van der Waals surface area contributed by atoms with Gasteiger partial charge in [0.25, 0.3) is 0 Å². The molecule has 0 bridgehead atoms. The van der Waals surface area contributed by atoms with Crippen molar-refractivity contribution >= 4 is 22.5 Å². The van der Waals surface area contributed by atoms with Gasteiger partial charge >= 0.3 is 0 Å². The lowest BCUT2D eigenvalue weighted by molar-refractivity contribution is 0.337. The van der Waals surface area contributed by atoms with E-state index in [0.717, 1.165) is 36.6 Å². The van der Waals surface area contributed by atoms with E-state index in [9.17, 15) is 0 Å². The van der Waals surface area contributed by atoms with E-state index >= 15 is 0 Å². The molecule has 22 heavy (non-hydrogen) atoms. The topological polar surface area (TPSA) is 42.7 Å². The molecule has 0 atom stereocenters. The summed E-state index contributed by atoms with van der Waals surface area (Å²) in [7, 11) is 0. The van der Waals surface area contributed by atoms with Crippen LogP contribution in [0.5, 0.6) is 0 Å². The van der Waals surface area contributed by atoms with Crippen LogP contribution in [0.3, 0.4) is 0 Å². The molecule has 3 aromatic heterocycles. The average molecular weight is 312 g/mol. The summed E-state index contributed by atoms with van der Waals surface area (Å²) in [5, 5.41) is 3.44. The normalized spacial score (nSPS) is 16.4. The number of hydrogen-bond acceptors (Lipinski definition) is 4. The number of aryl methyl sites for hydroxylation is 1. The molecule has 1 N–H and O–H groups in total. The zero-order valence-electron chi connectivity index (χ0n) is 12.7. The van der Waals surface area contributed by atoms with Crippen molar-refractivity contribution in [1.29, 1.82) is 0 Å². The number of piperidine rings is 1. The highest BCUT2D eigenvalue weighted by molar-refractivity contribution is 7.15. The van der Waals surface area contributed by atoms with Crippen molar-refractivity contribution in [3.05, 3.63) is 35.3 Å². The molecule has 0 saturated carbocycles. The Morgan fingerprint density at radius 1 is 1.27 bits per heavy atom. The molecule has 1 fully saturated rings. The molecule has 0 aromatic carbocycles. The number of nitrogens with one attached hydrogen (secondary N) is 1. The molecule has 0 aliphatic carbocycles. The van der Waals surface area contributed by atoms with Gasteiger partial charge in [0.15, 0.2) is 11.5 Å². The number of nitrogens with zero attached hydrogens (tertiary/aromatic N) is 3. The van der Waals surface area contributed by atoms with E-state index in [0.29, 0.717) is 5.92 Å². The van der Waals surface area contributed by atoms with Crippen molar-refractivity contribution in [2.45, 2.75) is 26.3 Å². The predicted molar refractivity (Wildman–Crippen MR) is 91.2 cm³/mol. The van der Waals surface area contributed by atoms with Gasteiger partial charge in [-0.05, 0) is 63.0 Å². The van der Waals surface area contributed by atoms with Crippen LogP contribution in [0.4, 0.5) is 0 Å². The monoisotopic (exact) mass is 312 g/mol. The quantitative estimate of drug-likeness (QED) is 0.805. The first-order valence-electron chi connectivity index (χ1n) is 7.90. The zero-order valence-corrected chi connectivity index (χ0v) is 13.6. The van der Waals surface area contributed by atoms with E-state index in [1.54, 1.807) is 0 Å². The molecule has 3 aromatic rings. The molecule has 0 amide bonds. The Morgan fingerprint density at radius 2 is 2.14 bits per heavy atom. The van der Waals surface area contributed by atoms with Gasteiger partial charge in [0, 0.05) is 17.6 Å².